The summed E-state index contributed by atoms with van der Waals surface area (Å²) in [6, 6.07) is 2.49. The van der Waals surface area contributed by atoms with E-state index in [2.05, 4.69) is 54.1 Å². The molecule has 0 radical (unpaired) electrons. The van der Waals surface area contributed by atoms with Crippen molar-refractivity contribution in [2.75, 3.05) is 0 Å². The van der Waals surface area contributed by atoms with Crippen LogP contribution in [-0.4, -0.2) is 24.1 Å². The van der Waals surface area contributed by atoms with Gasteiger partial charge in [-0.3, -0.25) is 0 Å². The van der Waals surface area contributed by atoms with E-state index in [4.69, 9.17) is 11.6 Å². The molecule has 0 amide bonds. The maximum absolute atomic E-state index is 6.14. The van der Waals surface area contributed by atoms with Gasteiger partial charge in [0.1, 0.15) is 17.1 Å². The Morgan fingerprint density at radius 3 is 3.05 bits per heavy atom. The quantitative estimate of drug-likeness (QED) is 0.337. The molecule has 5 nitrogen and oxygen atoms in total. The third-order valence-corrected chi connectivity index (χ3v) is 6.62. The van der Waals surface area contributed by atoms with Crippen LogP contribution < -0.4 is 0 Å². The van der Waals surface area contributed by atoms with E-state index in [1.54, 1.807) is 6.33 Å². The van der Waals surface area contributed by atoms with Gasteiger partial charge in [0.15, 0.2) is 0 Å². The lowest BCUT2D eigenvalue weighted by Crippen LogP contribution is -2.05. The predicted molar refractivity (Wildman–Crippen MR) is 98.1 cm³/mol. The molecule has 0 aromatic carbocycles. The van der Waals surface area contributed by atoms with Gasteiger partial charge in [-0.15, -0.1) is 0 Å². The van der Waals surface area contributed by atoms with Gasteiger partial charge in [0.25, 0.3) is 0 Å². The fourth-order valence-electron chi connectivity index (χ4n) is 3.34. The van der Waals surface area contributed by atoms with Crippen LogP contribution in [0.25, 0.3) is 11.0 Å². The van der Waals surface area contributed by atoms with Gasteiger partial charge in [-0.1, -0.05) is 11.6 Å². The van der Waals surface area contributed by atoms with Crippen molar-refractivity contribution in [3.8, 4) is 0 Å². The molecule has 3 aromatic rings. The molecule has 4 rings (SSSR count). The lowest BCUT2D eigenvalue weighted by molar-refractivity contribution is 0.523. The van der Waals surface area contributed by atoms with E-state index in [0.717, 1.165) is 23.9 Å². The largest absolute Gasteiger partial charge is 0.329 e. The smallest absolute Gasteiger partial charge is 0.145 e. The van der Waals surface area contributed by atoms with Gasteiger partial charge >= 0.3 is 0 Å². The minimum absolute atomic E-state index is 0.471. The van der Waals surface area contributed by atoms with Crippen molar-refractivity contribution >= 4 is 51.0 Å². The van der Waals surface area contributed by atoms with Crippen molar-refractivity contribution in [3.05, 3.63) is 41.7 Å². The Balaban J connectivity index is 1.60. The van der Waals surface area contributed by atoms with E-state index in [0.29, 0.717) is 23.5 Å². The molecule has 3 heterocycles. The predicted octanol–water partition coefficient (Wildman–Crippen LogP) is 4.58. The van der Waals surface area contributed by atoms with Gasteiger partial charge in [-0.05, 0) is 58.9 Å². The van der Waals surface area contributed by atoms with Crippen LogP contribution in [0.5, 0.6) is 0 Å². The van der Waals surface area contributed by atoms with Crippen LogP contribution in [0.1, 0.15) is 36.8 Å². The number of halogens is 2. The molecule has 3 unspecified atom stereocenters. The first-order valence-corrected chi connectivity index (χ1v) is 11.6. The van der Waals surface area contributed by atoms with Gasteiger partial charge in [0, 0.05) is 18.4 Å². The van der Waals surface area contributed by atoms with E-state index in [1.807, 2.05) is 16.7 Å². The Bertz CT molecular complexity index is 817. The second-order valence-corrected chi connectivity index (χ2v) is 8.02. The van der Waals surface area contributed by atoms with Crippen LogP contribution >= 0.6 is 40.0 Å². The molecule has 22 heavy (non-hydrogen) atoms. The van der Waals surface area contributed by atoms with Gasteiger partial charge in [-0.2, -0.15) is 5.10 Å². The summed E-state index contributed by atoms with van der Waals surface area (Å²) in [4.78, 5) is 8.46. The first kappa shape index (κ1) is 14.8. The Morgan fingerprint density at radius 2 is 2.23 bits per heavy atom. The summed E-state index contributed by atoms with van der Waals surface area (Å²) in [6.45, 7) is 0. The molecular formula is C14H14ClIN5P. The van der Waals surface area contributed by atoms with Crippen LogP contribution in [-0.2, 0) is 0 Å². The lowest BCUT2D eigenvalue weighted by atomic mass is 10.0. The summed E-state index contributed by atoms with van der Waals surface area (Å²) in [5.41, 5.74) is 2.30. The fourth-order valence-corrected chi connectivity index (χ4v) is 4.62. The second kappa shape index (κ2) is 6.06. The van der Waals surface area contributed by atoms with Crippen molar-refractivity contribution in [3.63, 3.8) is 0 Å². The third kappa shape index (κ3) is 2.55. The topological polar surface area (TPSA) is 48.5 Å². The Hall–Kier alpha value is -0.720. The molecule has 0 aliphatic heterocycles. The molecule has 0 saturated heterocycles. The number of rotatable bonds is 3. The highest BCUT2D eigenvalue weighted by molar-refractivity contribution is 14.2. The summed E-state index contributed by atoms with van der Waals surface area (Å²) >= 11 is 8.50. The summed E-state index contributed by atoms with van der Waals surface area (Å²) < 4.78 is 4.27. The second-order valence-electron chi connectivity index (χ2n) is 5.59. The minimum Gasteiger partial charge on any atom is -0.329 e. The molecule has 1 fully saturated rings. The Kier molecular flexibility index (Phi) is 4.09. The molecule has 1 saturated carbocycles. The van der Waals surface area contributed by atoms with Crippen molar-refractivity contribution in [1.82, 2.24) is 24.1 Å². The zero-order valence-electron chi connectivity index (χ0n) is 11.7. The summed E-state index contributed by atoms with van der Waals surface area (Å²) in [5, 5.41) is 5.87. The fraction of sp³-hybridized carbons (Fsp3) is 0.357. The number of hydrogen-bond acceptors (Lipinski definition) is 3. The van der Waals surface area contributed by atoms with Gasteiger partial charge in [0.05, 0.1) is 18.0 Å². The standard InChI is InChI=1S/C14H14ClIN5P/c15-13-12-3-4-20(14(12)18-8-17-13)11-2-1-9(5-11)10-6-19-21(7-10)22-16/h3-4,6-9,11,22H,1-2,5H2. The zero-order valence-corrected chi connectivity index (χ0v) is 15.6. The summed E-state index contributed by atoms with van der Waals surface area (Å²) in [7, 11) is 0. The highest BCUT2D eigenvalue weighted by atomic mass is 127. The first-order valence-electron chi connectivity index (χ1n) is 7.14. The summed E-state index contributed by atoms with van der Waals surface area (Å²) in [5.74, 6) is 0.584. The SMILES string of the molecule is Clc1ncnc2c1ccn2C1CCC(c2cnn(PI)c2)C1. The molecule has 1 aliphatic rings. The lowest BCUT2D eigenvalue weighted by Gasteiger charge is -2.13. The van der Waals surface area contributed by atoms with Crippen LogP contribution in [0.2, 0.25) is 5.15 Å². The van der Waals surface area contributed by atoms with Crippen LogP contribution in [0.15, 0.2) is 31.0 Å². The molecule has 3 atom stereocenters. The summed E-state index contributed by atoms with van der Waals surface area (Å²) in [6.07, 6.45) is 12.0. The van der Waals surface area contributed by atoms with Crippen LogP contribution in [0, 0.1) is 0 Å². The van der Waals surface area contributed by atoms with E-state index in [1.165, 1.54) is 12.0 Å². The number of hydrogen-bond donors (Lipinski definition) is 0. The molecule has 0 bridgehead atoms. The highest BCUT2D eigenvalue weighted by Crippen LogP contribution is 2.42. The maximum atomic E-state index is 6.14. The van der Waals surface area contributed by atoms with E-state index in [-0.39, 0.29) is 0 Å². The molecular weight excluding hydrogens is 432 g/mol. The maximum Gasteiger partial charge on any atom is 0.145 e. The van der Waals surface area contributed by atoms with Gasteiger partial charge < -0.3 is 4.57 Å². The van der Waals surface area contributed by atoms with Crippen LogP contribution in [0.3, 0.4) is 0 Å². The highest BCUT2D eigenvalue weighted by Gasteiger charge is 2.29. The number of aromatic nitrogens is 5. The van der Waals surface area contributed by atoms with Crippen molar-refractivity contribution in [1.29, 1.82) is 0 Å². The van der Waals surface area contributed by atoms with E-state index >= 15 is 0 Å². The van der Waals surface area contributed by atoms with Crippen molar-refractivity contribution < 1.29 is 0 Å². The monoisotopic (exact) mass is 445 g/mol. The first-order chi connectivity index (χ1) is 10.8. The molecule has 0 N–H and O–H groups in total. The number of fused-ring (bicyclic) bond motifs is 1. The molecule has 1 aliphatic carbocycles. The third-order valence-electron chi connectivity index (χ3n) is 4.42. The van der Waals surface area contributed by atoms with Crippen molar-refractivity contribution in [2.24, 2.45) is 0 Å². The van der Waals surface area contributed by atoms with Gasteiger partial charge in [-0.25, -0.2) is 14.4 Å². The molecule has 3 aromatic heterocycles. The van der Waals surface area contributed by atoms with Crippen molar-refractivity contribution in [2.45, 2.75) is 31.2 Å². The van der Waals surface area contributed by atoms with Gasteiger partial charge in [0.2, 0.25) is 0 Å². The Labute approximate surface area is 147 Å². The zero-order chi connectivity index (χ0) is 15.1. The Morgan fingerprint density at radius 1 is 1.32 bits per heavy atom. The number of nitrogens with zero attached hydrogens (tertiary/aromatic N) is 5. The molecule has 114 valence electrons. The van der Waals surface area contributed by atoms with E-state index in [9.17, 15) is 0 Å². The average Bonchev–Trinajstić information content (AvgIpc) is 3.25. The minimum atomic E-state index is 0.471. The van der Waals surface area contributed by atoms with Crippen LogP contribution in [0.4, 0.5) is 0 Å². The average molecular weight is 446 g/mol. The molecule has 8 heteroatoms. The van der Waals surface area contributed by atoms with E-state index < -0.39 is 0 Å². The normalized spacial score (nSPS) is 22.3. The molecule has 0 spiro atoms.